The summed E-state index contributed by atoms with van der Waals surface area (Å²) in [5.74, 6) is 2.31. The van der Waals surface area contributed by atoms with Gasteiger partial charge in [-0.1, -0.05) is 0 Å². The fourth-order valence-corrected chi connectivity index (χ4v) is 3.83. The molecule has 110 valence electrons. The number of oxazole rings is 1. The van der Waals surface area contributed by atoms with Crippen LogP contribution < -0.4 is 16.0 Å². The first-order valence-electron chi connectivity index (χ1n) is 7.83. The van der Waals surface area contributed by atoms with Crippen LogP contribution in [0.3, 0.4) is 0 Å². The van der Waals surface area contributed by atoms with Gasteiger partial charge in [-0.2, -0.15) is 0 Å². The third-order valence-corrected chi connectivity index (χ3v) is 5.41. The molecule has 2 heterocycles. The Balaban J connectivity index is 1.69. The summed E-state index contributed by atoms with van der Waals surface area (Å²) < 4.78 is 7.16. The monoisotopic (exact) mass is 285 g/mol. The molecule has 0 radical (unpaired) electrons. The average molecular weight is 285 g/mol. The van der Waals surface area contributed by atoms with Gasteiger partial charge >= 0.3 is 5.76 Å². The third-order valence-electron chi connectivity index (χ3n) is 5.41. The van der Waals surface area contributed by atoms with Crippen molar-refractivity contribution >= 4 is 16.8 Å². The minimum absolute atomic E-state index is 0.264. The smallest absolute Gasteiger partial charge is 0.405 e. The maximum atomic E-state index is 11.9. The molecule has 1 saturated heterocycles. The van der Waals surface area contributed by atoms with Crippen LogP contribution in [0.4, 0.5) is 5.69 Å². The first-order valence-corrected chi connectivity index (χ1v) is 7.83. The fourth-order valence-electron chi connectivity index (χ4n) is 3.83. The predicted molar refractivity (Wildman–Crippen MR) is 80.9 cm³/mol. The lowest BCUT2D eigenvalue weighted by atomic mass is 10.0. The molecule has 1 aromatic carbocycles. The number of anilines is 1. The van der Waals surface area contributed by atoms with E-state index in [1.807, 2.05) is 0 Å². The van der Waals surface area contributed by atoms with Crippen molar-refractivity contribution in [3.05, 3.63) is 28.2 Å². The number of piperazine rings is 1. The molecule has 0 spiro atoms. The molecule has 2 aromatic rings. The first-order chi connectivity index (χ1) is 10.2. The van der Waals surface area contributed by atoms with Gasteiger partial charge in [0.25, 0.3) is 0 Å². The van der Waals surface area contributed by atoms with Gasteiger partial charge in [-0.3, -0.25) is 4.57 Å². The van der Waals surface area contributed by atoms with Crippen molar-refractivity contribution in [2.75, 3.05) is 31.1 Å². The highest BCUT2D eigenvalue weighted by Crippen LogP contribution is 2.73. The van der Waals surface area contributed by atoms with Gasteiger partial charge in [-0.25, -0.2) is 4.79 Å². The molecule has 5 heteroatoms. The molecule has 1 N–H and O–H groups in total. The van der Waals surface area contributed by atoms with Crippen LogP contribution in [0.15, 0.2) is 21.3 Å². The third kappa shape index (κ3) is 1.64. The van der Waals surface area contributed by atoms with Gasteiger partial charge in [0.2, 0.25) is 0 Å². The zero-order valence-corrected chi connectivity index (χ0v) is 12.1. The highest BCUT2D eigenvalue weighted by Gasteiger charge is 2.64. The fraction of sp³-hybridized carbons (Fsp3) is 0.562. The number of rotatable bonds is 2. The molecule has 3 aliphatic rings. The van der Waals surface area contributed by atoms with Crippen molar-refractivity contribution < 1.29 is 4.42 Å². The van der Waals surface area contributed by atoms with Crippen LogP contribution in [-0.2, 0) is 7.05 Å². The molecule has 2 aliphatic carbocycles. The van der Waals surface area contributed by atoms with Crippen LogP contribution in [-0.4, -0.2) is 30.7 Å². The van der Waals surface area contributed by atoms with E-state index in [0.29, 0.717) is 0 Å². The van der Waals surface area contributed by atoms with Crippen molar-refractivity contribution in [3.63, 3.8) is 0 Å². The Morgan fingerprint density at radius 1 is 1.24 bits per heavy atom. The molecule has 5 rings (SSSR count). The Labute approximate surface area is 122 Å². The van der Waals surface area contributed by atoms with E-state index < -0.39 is 0 Å². The van der Waals surface area contributed by atoms with Crippen LogP contribution >= 0.6 is 0 Å². The molecule has 2 atom stereocenters. The summed E-state index contributed by atoms with van der Waals surface area (Å²) in [4.78, 5) is 14.3. The Bertz CT molecular complexity index is 777. The zero-order valence-electron chi connectivity index (χ0n) is 12.1. The standard InChI is InChI=1S/C16H19N3O2/c1-18-12-6-9(14-10-8-11(10)14)7-13(15(12)21-16(18)20)19-4-2-17-3-5-19/h6-7,10-11,14,17H,2-5,8H2,1H3. The van der Waals surface area contributed by atoms with Crippen molar-refractivity contribution in [3.8, 4) is 0 Å². The molecule has 0 amide bonds. The van der Waals surface area contributed by atoms with Gasteiger partial charge in [-0.15, -0.1) is 0 Å². The molecule has 0 bridgehead atoms. The van der Waals surface area contributed by atoms with Gasteiger partial charge in [-0.05, 0) is 41.9 Å². The molecule has 1 aromatic heterocycles. The zero-order chi connectivity index (χ0) is 14.1. The number of benzene rings is 1. The number of aryl methyl sites for hydroxylation is 1. The molecule has 5 nitrogen and oxygen atoms in total. The largest absolute Gasteiger partial charge is 0.419 e. The number of fused-ring (bicyclic) bond motifs is 2. The SMILES string of the molecule is Cn1c(=O)oc2c(N3CCNCC3)cc(C3C4CC43)cc21. The van der Waals surface area contributed by atoms with Crippen molar-refractivity contribution in [1.82, 2.24) is 9.88 Å². The van der Waals surface area contributed by atoms with E-state index in [9.17, 15) is 4.79 Å². The lowest BCUT2D eigenvalue weighted by Crippen LogP contribution is -2.43. The summed E-state index contributed by atoms with van der Waals surface area (Å²) in [6, 6.07) is 4.44. The number of hydrogen-bond donors (Lipinski definition) is 1. The van der Waals surface area contributed by atoms with Crippen molar-refractivity contribution in [2.45, 2.75) is 12.3 Å². The highest BCUT2D eigenvalue weighted by atomic mass is 16.4. The second-order valence-corrected chi connectivity index (χ2v) is 6.64. The molecule has 1 aliphatic heterocycles. The van der Waals surface area contributed by atoms with Crippen molar-refractivity contribution in [1.29, 1.82) is 0 Å². The molecular formula is C16H19N3O2. The molecular weight excluding hydrogens is 266 g/mol. The van der Waals surface area contributed by atoms with Crippen LogP contribution in [0, 0.1) is 11.8 Å². The minimum Gasteiger partial charge on any atom is -0.405 e. The summed E-state index contributed by atoms with van der Waals surface area (Å²) in [7, 11) is 1.80. The summed E-state index contributed by atoms with van der Waals surface area (Å²) >= 11 is 0. The van der Waals surface area contributed by atoms with E-state index in [2.05, 4.69) is 22.3 Å². The lowest BCUT2D eigenvalue weighted by Gasteiger charge is -2.29. The first kappa shape index (κ1) is 11.9. The minimum atomic E-state index is -0.264. The van der Waals surface area contributed by atoms with E-state index in [4.69, 9.17) is 4.42 Å². The normalized spacial score (nSPS) is 30.5. The Morgan fingerprint density at radius 2 is 2.00 bits per heavy atom. The maximum absolute atomic E-state index is 11.9. The predicted octanol–water partition coefficient (Wildman–Crippen LogP) is 1.27. The number of nitrogens with zero attached hydrogens (tertiary/aromatic N) is 2. The van der Waals surface area contributed by atoms with Crippen molar-refractivity contribution in [2.24, 2.45) is 18.9 Å². The van der Waals surface area contributed by atoms with E-state index in [0.717, 1.165) is 60.7 Å². The van der Waals surface area contributed by atoms with Crippen LogP contribution in [0.25, 0.3) is 11.1 Å². The topological polar surface area (TPSA) is 50.4 Å². The van der Waals surface area contributed by atoms with E-state index in [1.165, 1.54) is 12.0 Å². The molecule has 21 heavy (non-hydrogen) atoms. The lowest BCUT2D eigenvalue weighted by molar-refractivity contribution is 0.524. The van der Waals surface area contributed by atoms with E-state index in [-0.39, 0.29) is 5.76 Å². The Morgan fingerprint density at radius 3 is 2.67 bits per heavy atom. The van der Waals surface area contributed by atoms with Gasteiger partial charge < -0.3 is 14.6 Å². The summed E-state index contributed by atoms with van der Waals surface area (Å²) in [5.41, 5.74) is 4.20. The van der Waals surface area contributed by atoms with Gasteiger partial charge in [0.05, 0.1) is 11.2 Å². The summed E-state index contributed by atoms with van der Waals surface area (Å²) in [5, 5.41) is 3.37. The van der Waals surface area contributed by atoms with Gasteiger partial charge in [0.1, 0.15) is 0 Å². The second kappa shape index (κ2) is 3.91. The van der Waals surface area contributed by atoms with E-state index >= 15 is 0 Å². The van der Waals surface area contributed by atoms with Gasteiger partial charge in [0, 0.05) is 33.2 Å². The maximum Gasteiger partial charge on any atom is 0.419 e. The van der Waals surface area contributed by atoms with E-state index in [1.54, 1.807) is 11.6 Å². The van der Waals surface area contributed by atoms with Crippen LogP contribution in [0.2, 0.25) is 0 Å². The highest BCUT2D eigenvalue weighted by molar-refractivity contribution is 5.88. The Hall–Kier alpha value is -1.75. The summed E-state index contributed by atoms with van der Waals surface area (Å²) in [6.07, 6.45) is 1.40. The molecule has 2 saturated carbocycles. The Kier molecular flexibility index (Phi) is 2.21. The number of hydrogen-bond acceptors (Lipinski definition) is 4. The average Bonchev–Trinajstić information content (AvgIpc) is 3.38. The van der Waals surface area contributed by atoms with Crippen LogP contribution in [0.1, 0.15) is 17.9 Å². The number of aromatic nitrogens is 1. The quantitative estimate of drug-likeness (QED) is 0.903. The van der Waals surface area contributed by atoms with Gasteiger partial charge in [0.15, 0.2) is 5.58 Å². The molecule has 2 unspecified atom stereocenters. The summed E-state index contributed by atoms with van der Waals surface area (Å²) in [6.45, 7) is 3.90. The van der Waals surface area contributed by atoms with Crippen LogP contribution in [0.5, 0.6) is 0 Å². The number of nitrogens with one attached hydrogen (secondary N) is 1. The second-order valence-electron chi connectivity index (χ2n) is 6.64. The molecule has 3 fully saturated rings.